The number of rotatable bonds is 7. The van der Waals surface area contributed by atoms with E-state index >= 15 is 0 Å². The van der Waals surface area contributed by atoms with Gasteiger partial charge in [-0.2, -0.15) is 15.1 Å². The van der Waals surface area contributed by atoms with E-state index < -0.39 is 11.9 Å². The van der Waals surface area contributed by atoms with Crippen LogP contribution in [0.2, 0.25) is 5.02 Å². The highest BCUT2D eigenvalue weighted by molar-refractivity contribution is 8.27. The van der Waals surface area contributed by atoms with Gasteiger partial charge in [0.1, 0.15) is 17.4 Å². The summed E-state index contributed by atoms with van der Waals surface area (Å²) in [5, 5.41) is 15.6. The van der Waals surface area contributed by atoms with E-state index in [0.717, 1.165) is 0 Å². The number of thioether (sulfide) groups is 1. The molecule has 11 heteroatoms. The van der Waals surface area contributed by atoms with Crippen molar-refractivity contribution < 1.29 is 23.8 Å². The second kappa shape index (κ2) is 10.9. The highest BCUT2D eigenvalue weighted by Gasteiger charge is 2.35. The molecule has 0 aliphatic carbocycles. The lowest BCUT2D eigenvalue weighted by Crippen LogP contribution is -2.35. The van der Waals surface area contributed by atoms with Crippen molar-refractivity contribution >= 4 is 57.4 Å². The van der Waals surface area contributed by atoms with Gasteiger partial charge in [0.15, 0.2) is 17.3 Å². The SMILES string of the molecule is COc1cc(/C=C2\C(=N)N3N=C(COc4ccccc4)SC3=NC2=O)ccc1OC(=O)c1ccc(Cl)cc1. The van der Waals surface area contributed by atoms with Gasteiger partial charge in [-0.25, -0.2) is 4.79 Å². The lowest BCUT2D eigenvalue weighted by molar-refractivity contribution is -0.114. The standard InChI is InChI=1S/C27H19ClN4O5S/c1-35-22-14-16(7-12-21(22)37-26(34)17-8-10-18(28)11-9-17)13-20-24(29)32-27(30-25(20)33)38-23(31-32)15-36-19-5-3-2-4-6-19/h2-14,29H,15H2,1H3/b20-13+,29-24?. The summed E-state index contributed by atoms with van der Waals surface area (Å²) < 4.78 is 16.6. The molecule has 0 atom stereocenters. The van der Waals surface area contributed by atoms with Crippen LogP contribution in [-0.2, 0) is 4.79 Å². The van der Waals surface area contributed by atoms with Crippen molar-refractivity contribution in [1.29, 1.82) is 5.41 Å². The van der Waals surface area contributed by atoms with Gasteiger partial charge >= 0.3 is 5.97 Å². The minimum Gasteiger partial charge on any atom is -0.493 e. The van der Waals surface area contributed by atoms with Crippen LogP contribution in [0.25, 0.3) is 6.08 Å². The van der Waals surface area contributed by atoms with Crippen LogP contribution < -0.4 is 14.2 Å². The van der Waals surface area contributed by atoms with Crippen molar-refractivity contribution in [1.82, 2.24) is 5.01 Å². The molecule has 190 valence electrons. The zero-order chi connectivity index (χ0) is 26.6. The molecular formula is C27H19ClN4O5S. The average Bonchev–Trinajstić information content (AvgIpc) is 3.34. The predicted octanol–water partition coefficient (Wildman–Crippen LogP) is 5.27. The Labute approximate surface area is 226 Å². The second-order valence-electron chi connectivity index (χ2n) is 7.92. The molecule has 1 N–H and O–H groups in total. The highest BCUT2D eigenvalue weighted by atomic mass is 35.5. The quantitative estimate of drug-likeness (QED) is 0.244. The summed E-state index contributed by atoms with van der Waals surface area (Å²) in [7, 11) is 1.44. The van der Waals surface area contributed by atoms with E-state index in [2.05, 4.69) is 10.1 Å². The van der Waals surface area contributed by atoms with Gasteiger partial charge in [0.2, 0.25) is 5.17 Å². The van der Waals surface area contributed by atoms with Crippen molar-refractivity contribution in [3.63, 3.8) is 0 Å². The number of hydrazone groups is 1. The summed E-state index contributed by atoms with van der Waals surface area (Å²) in [5.41, 5.74) is 0.926. The van der Waals surface area contributed by atoms with Crippen molar-refractivity contribution in [3.8, 4) is 17.2 Å². The number of benzene rings is 3. The molecule has 0 radical (unpaired) electrons. The fourth-order valence-electron chi connectivity index (χ4n) is 3.52. The second-order valence-corrected chi connectivity index (χ2v) is 9.40. The average molecular weight is 547 g/mol. The first-order valence-corrected chi connectivity index (χ1v) is 12.4. The van der Waals surface area contributed by atoms with Crippen molar-refractivity contribution in [3.05, 3.63) is 94.5 Å². The summed E-state index contributed by atoms with van der Waals surface area (Å²) in [6.45, 7) is 0.179. The lowest BCUT2D eigenvalue weighted by Gasteiger charge is -2.20. The van der Waals surface area contributed by atoms with Gasteiger partial charge < -0.3 is 14.2 Å². The molecular weight excluding hydrogens is 528 g/mol. The maximum absolute atomic E-state index is 12.8. The number of hydrogen-bond acceptors (Lipinski definition) is 8. The molecule has 2 aliphatic heterocycles. The molecule has 2 heterocycles. The van der Waals surface area contributed by atoms with E-state index in [1.165, 1.54) is 30.0 Å². The Morgan fingerprint density at radius 3 is 2.58 bits per heavy atom. The van der Waals surface area contributed by atoms with Crippen LogP contribution in [0.15, 0.2) is 88.5 Å². The van der Waals surface area contributed by atoms with Crippen LogP contribution in [0, 0.1) is 5.41 Å². The molecule has 9 nitrogen and oxygen atoms in total. The number of methoxy groups -OCH3 is 1. The number of para-hydroxylation sites is 1. The van der Waals surface area contributed by atoms with Crippen LogP contribution >= 0.6 is 23.4 Å². The molecule has 3 aromatic carbocycles. The number of carbonyl (C=O) groups is 2. The number of ether oxygens (including phenoxy) is 3. The van der Waals surface area contributed by atoms with Crippen LogP contribution in [-0.4, -0.2) is 46.6 Å². The number of aliphatic imine (C=N–C) groups is 1. The van der Waals surface area contributed by atoms with Gasteiger partial charge in [-0.1, -0.05) is 35.9 Å². The maximum atomic E-state index is 12.8. The van der Waals surface area contributed by atoms with E-state index in [9.17, 15) is 9.59 Å². The Bertz CT molecular complexity index is 1520. The first-order chi connectivity index (χ1) is 18.4. The summed E-state index contributed by atoms with van der Waals surface area (Å²) in [6, 6.07) is 20.4. The number of nitrogens with one attached hydrogen (secondary N) is 1. The number of esters is 1. The summed E-state index contributed by atoms with van der Waals surface area (Å²) >= 11 is 7.05. The van der Waals surface area contributed by atoms with Crippen LogP contribution in [0.5, 0.6) is 17.2 Å². The molecule has 3 aromatic rings. The summed E-state index contributed by atoms with van der Waals surface area (Å²) in [4.78, 5) is 29.3. The number of amidine groups is 2. The molecule has 0 aromatic heterocycles. The maximum Gasteiger partial charge on any atom is 0.343 e. The molecule has 0 bridgehead atoms. The molecule has 0 unspecified atom stereocenters. The first-order valence-electron chi connectivity index (χ1n) is 11.2. The zero-order valence-electron chi connectivity index (χ0n) is 19.9. The minimum atomic E-state index is -0.575. The molecule has 0 spiro atoms. The molecule has 1 amide bonds. The van der Waals surface area contributed by atoms with Gasteiger partial charge in [0.05, 0.1) is 18.2 Å². The monoisotopic (exact) mass is 546 g/mol. The molecule has 0 saturated heterocycles. The van der Waals surface area contributed by atoms with E-state index in [1.807, 2.05) is 30.3 Å². The third-order valence-electron chi connectivity index (χ3n) is 5.38. The third kappa shape index (κ3) is 5.46. The minimum absolute atomic E-state index is 0.0521. The Kier molecular flexibility index (Phi) is 7.25. The van der Waals surface area contributed by atoms with Gasteiger partial charge in [-0.15, -0.1) is 0 Å². The fourth-order valence-corrected chi connectivity index (χ4v) is 4.45. The smallest absolute Gasteiger partial charge is 0.343 e. The third-order valence-corrected chi connectivity index (χ3v) is 6.52. The largest absolute Gasteiger partial charge is 0.493 e. The number of nitrogens with zero attached hydrogens (tertiary/aromatic N) is 3. The van der Waals surface area contributed by atoms with E-state index in [-0.39, 0.29) is 29.5 Å². The van der Waals surface area contributed by atoms with Gasteiger partial charge in [-0.3, -0.25) is 10.2 Å². The molecule has 5 rings (SSSR count). The number of hydrogen-bond donors (Lipinski definition) is 1. The van der Waals surface area contributed by atoms with E-state index in [4.69, 9.17) is 31.2 Å². The molecule has 38 heavy (non-hydrogen) atoms. The van der Waals surface area contributed by atoms with E-state index in [0.29, 0.717) is 32.1 Å². The Hall–Kier alpha value is -4.41. The summed E-state index contributed by atoms with van der Waals surface area (Å²) in [6.07, 6.45) is 1.51. The van der Waals surface area contributed by atoms with Gasteiger partial charge in [0.25, 0.3) is 5.91 Å². The van der Waals surface area contributed by atoms with Crippen LogP contribution in [0.4, 0.5) is 0 Å². The van der Waals surface area contributed by atoms with Crippen LogP contribution in [0.1, 0.15) is 15.9 Å². The zero-order valence-corrected chi connectivity index (χ0v) is 21.5. The van der Waals surface area contributed by atoms with Crippen molar-refractivity contribution in [2.24, 2.45) is 10.1 Å². The van der Waals surface area contributed by atoms with E-state index in [1.54, 1.807) is 42.5 Å². The lowest BCUT2D eigenvalue weighted by atomic mass is 10.1. The van der Waals surface area contributed by atoms with Crippen molar-refractivity contribution in [2.75, 3.05) is 13.7 Å². The molecule has 0 saturated carbocycles. The summed E-state index contributed by atoms with van der Waals surface area (Å²) in [5.74, 6) is -0.0932. The molecule has 0 fully saturated rings. The number of amides is 1. The van der Waals surface area contributed by atoms with Crippen molar-refractivity contribution in [2.45, 2.75) is 0 Å². The number of fused-ring (bicyclic) bond motifs is 1. The highest BCUT2D eigenvalue weighted by Crippen LogP contribution is 2.32. The normalized spacial score (nSPS) is 15.6. The first kappa shape index (κ1) is 25.2. The predicted molar refractivity (Wildman–Crippen MR) is 146 cm³/mol. The Morgan fingerprint density at radius 2 is 1.84 bits per heavy atom. The Morgan fingerprint density at radius 1 is 1.08 bits per heavy atom. The molecule has 2 aliphatic rings. The number of carbonyl (C=O) groups excluding carboxylic acids is 2. The van der Waals surface area contributed by atoms with Gasteiger partial charge in [-0.05, 0) is 71.9 Å². The van der Waals surface area contributed by atoms with Crippen LogP contribution in [0.3, 0.4) is 0 Å². The topological polar surface area (TPSA) is 114 Å². The fraction of sp³-hybridized carbons (Fsp3) is 0.0741. The van der Waals surface area contributed by atoms with Gasteiger partial charge in [0, 0.05) is 5.02 Å². The number of halogens is 1. The Balaban J connectivity index is 1.32.